The van der Waals surface area contributed by atoms with Crippen molar-refractivity contribution in [2.45, 2.75) is 20.4 Å². The van der Waals surface area contributed by atoms with E-state index in [1.807, 2.05) is 36.6 Å². The number of aromatic nitrogens is 1. The number of nitrogens with zero attached hydrogens (tertiary/aromatic N) is 2. The molecule has 0 saturated heterocycles. The highest BCUT2D eigenvalue weighted by atomic mass is 32.1. The molecule has 0 radical (unpaired) electrons. The summed E-state index contributed by atoms with van der Waals surface area (Å²) in [6.45, 7) is 5.68. The van der Waals surface area contributed by atoms with Crippen LogP contribution in [0.4, 0.5) is 0 Å². The van der Waals surface area contributed by atoms with Crippen LogP contribution in [-0.4, -0.2) is 23.7 Å². The number of amides is 1. The van der Waals surface area contributed by atoms with Gasteiger partial charge in [0.2, 0.25) is 0 Å². The lowest BCUT2D eigenvalue weighted by atomic mass is 10.2. The molecule has 6 nitrogen and oxygen atoms in total. The van der Waals surface area contributed by atoms with Crippen LogP contribution in [-0.2, 0) is 11.3 Å². The number of carbonyl (C=O) groups is 1. The molecule has 0 aliphatic heterocycles. The third kappa shape index (κ3) is 3.79. The van der Waals surface area contributed by atoms with E-state index >= 15 is 0 Å². The highest BCUT2D eigenvalue weighted by Crippen LogP contribution is 2.21. The van der Waals surface area contributed by atoms with Gasteiger partial charge >= 0.3 is 5.91 Å². The second kappa shape index (κ2) is 8.14. The minimum atomic E-state index is -0.581. The number of para-hydroxylation sites is 2. The maximum Gasteiger partial charge on any atom is 0.315 e. The molecule has 0 saturated carbocycles. The Hall–Kier alpha value is -3.03. The van der Waals surface area contributed by atoms with Crippen molar-refractivity contribution >= 4 is 38.4 Å². The number of fused-ring (bicyclic) bond motifs is 2. The Kier molecular flexibility index (Phi) is 5.42. The van der Waals surface area contributed by atoms with Crippen LogP contribution < -0.4 is 10.2 Å². The number of hydrogen-bond donors (Lipinski definition) is 0. The van der Waals surface area contributed by atoms with Crippen LogP contribution in [0.25, 0.3) is 21.2 Å². The van der Waals surface area contributed by atoms with E-state index < -0.39 is 5.91 Å². The van der Waals surface area contributed by atoms with Gasteiger partial charge in [0.05, 0.1) is 22.2 Å². The third-order valence-electron chi connectivity index (χ3n) is 4.61. The van der Waals surface area contributed by atoms with Crippen molar-refractivity contribution in [2.75, 3.05) is 13.2 Å². The van der Waals surface area contributed by atoms with Gasteiger partial charge in [0.15, 0.2) is 16.0 Å². The number of thiazole rings is 1. The zero-order chi connectivity index (χ0) is 20.4. The summed E-state index contributed by atoms with van der Waals surface area (Å²) in [5.41, 5.74) is 2.24. The minimum absolute atomic E-state index is 0.0702. The summed E-state index contributed by atoms with van der Waals surface area (Å²) < 4.78 is 14.2. The van der Waals surface area contributed by atoms with Crippen molar-refractivity contribution < 1.29 is 13.9 Å². The summed E-state index contributed by atoms with van der Waals surface area (Å²) in [6, 6.07) is 14.1. The largest absolute Gasteiger partial charge is 0.451 e. The molecule has 1 amide bonds. The van der Waals surface area contributed by atoms with E-state index in [2.05, 4.69) is 4.99 Å². The molecule has 0 atom stereocenters. The Labute approximate surface area is 170 Å². The van der Waals surface area contributed by atoms with Gasteiger partial charge in [0, 0.05) is 19.2 Å². The molecule has 0 aliphatic rings. The lowest BCUT2D eigenvalue weighted by Gasteiger charge is -2.07. The Bertz CT molecular complexity index is 1330. The van der Waals surface area contributed by atoms with Crippen molar-refractivity contribution in [1.29, 1.82) is 0 Å². The van der Waals surface area contributed by atoms with Crippen LogP contribution in [0, 0.1) is 6.92 Å². The van der Waals surface area contributed by atoms with Gasteiger partial charge in [-0.05, 0) is 37.6 Å². The molecule has 148 valence electrons. The quantitative estimate of drug-likeness (QED) is 0.470. The van der Waals surface area contributed by atoms with E-state index in [-0.39, 0.29) is 11.2 Å². The Balaban J connectivity index is 1.83. The summed E-state index contributed by atoms with van der Waals surface area (Å²) in [5.74, 6) is -0.651. The fourth-order valence-electron chi connectivity index (χ4n) is 3.25. The number of carbonyl (C=O) groups excluding carboxylic acids is 1. The molecule has 2 aromatic carbocycles. The van der Waals surface area contributed by atoms with Crippen LogP contribution in [0.1, 0.15) is 23.0 Å². The second-order valence-corrected chi connectivity index (χ2v) is 7.55. The van der Waals surface area contributed by atoms with E-state index in [4.69, 9.17) is 9.15 Å². The third-order valence-corrected chi connectivity index (χ3v) is 5.65. The van der Waals surface area contributed by atoms with Crippen molar-refractivity contribution in [3.8, 4) is 0 Å². The molecule has 4 rings (SSSR count). The SMILES string of the molecule is CCOCCn1c(=NC(=O)c2cc(=O)c3ccccc3o2)sc2cccc(C)c21. The Morgan fingerprint density at radius 2 is 2.03 bits per heavy atom. The van der Waals surface area contributed by atoms with E-state index in [1.165, 1.54) is 17.4 Å². The monoisotopic (exact) mass is 408 g/mol. The van der Waals surface area contributed by atoms with Gasteiger partial charge in [0.1, 0.15) is 5.58 Å². The first-order valence-corrected chi connectivity index (χ1v) is 10.2. The molecule has 0 aliphatic carbocycles. The minimum Gasteiger partial charge on any atom is -0.451 e. The van der Waals surface area contributed by atoms with Crippen molar-refractivity contribution in [3.05, 3.63) is 74.9 Å². The summed E-state index contributed by atoms with van der Waals surface area (Å²) >= 11 is 1.43. The molecule has 2 heterocycles. The number of benzene rings is 2. The Morgan fingerprint density at radius 3 is 2.86 bits per heavy atom. The topological polar surface area (TPSA) is 73.8 Å². The summed E-state index contributed by atoms with van der Waals surface area (Å²) in [5, 5.41) is 0.438. The maximum absolute atomic E-state index is 12.8. The number of hydrogen-bond acceptors (Lipinski definition) is 5. The van der Waals surface area contributed by atoms with Crippen LogP contribution in [0.5, 0.6) is 0 Å². The highest BCUT2D eigenvalue weighted by molar-refractivity contribution is 7.16. The molecule has 4 aromatic rings. The second-order valence-electron chi connectivity index (χ2n) is 6.54. The molecule has 2 aromatic heterocycles. The highest BCUT2D eigenvalue weighted by Gasteiger charge is 2.14. The van der Waals surface area contributed by atoms with Gasteiger partial charge < -0.3 is 13.7 Å². The number of ether oxygens (including phenoxy) is 1. The molecule has 7 heteroatoms. The summed E-state index contributed by atoms with van der Waals surface area (Å²) in [7, 11) is 0. The van der Waals surface area contributed by atoms with Crippen LogP contribution >= 0.6 is 11.3 Å². The number of rotatable bonds is 5. The fraction of sp³-hybridized carbons (Fsp3) is 0.227. The molecule has 0 N–H and O–H groups in total. The zero-order valence-corrected chi connectivity index (χ0v) is 17.0. The molecule has 0 spiro atoms. The lowest BCUT2D eigenvalue weighted by molar-refractivity contribution is 0.0971. The van der Waals surface area contributed by atoms with E-state index in [1.54, 1.807) is 24.3 Å². The molecular weight excluding hydrogens is 388 g/mol. The fourth-order valence-corrected chi connectivity index (χ4v) is 4.38. The average molecular weight is 408 g/mol. The van der Waals surface area contributed by atoms with Gasteiger partial charge in [-0.1, -0.05) is 35.6 Å². The Morgan fingerprint density at radius 1 is 1.21 bits per heavy atom. The van der Waals surface area contributed by atoms with Crippen molar-refractivity contribution in [2.24, 2.45) is 4.99 Å². The average Bonchev–Trinajstić information content (AvgIpc) is 3.06. The van der Waals surface area contributed by atoms with Gasteiger partial charge in [-0.2, -0.15) is 4.99 Å². The predicted octanol–water partition coefficient (Wildman–Crippen LogP) is 3.90. The molecular formula is C22H20N2O4S. The van der Waals surface area contributed by atoms with Gasteiger partial charge in [-0.25, -0.2) is 0 Å². The smallest absolute Gasteiger partial charge is 0.315 e. The van der Waals surface area contributed by atoms with Crippen molar-refractivity contribution in [1.82, 2.24) is 4.57 Å². The summed E-state index contributed by atoms with van der Waals surface area (Å²) in [6.07, 6.45) is 0. The normalized spacial score (nSPS) is 12.1. The van der Waals surface area contributed by atoms with Gasteiger partial charge in [-0.3, -0.25) is 9.59 Å². The van der Waals surface area contributed by atoms with Crippen LogP contribution in [0.3, 0.4) is 0 Å². The predicted molar refractivity (Wildman–Crippen MR) is 113 cm³/mol. The zero-order valence-electron chi connectivity index (χ0n) is 16.2. The first-order chi connectivity index (χ1) is 14.1. The lowest BCUT2D eigenvalue weighted by Crippen LogP contribution is -2.20. The van der Waals surface area contributed by atoms with Crippen molar-refractivity contribution in [3.63, 3.8) is 0 Å². The first kappa shape index (κ1) is 19.3. The van der Waals surface area contributed by atoms with Gasteiger partial charge in [0.25, 0.3) is 0 Å². The maximum atomic E-state index is 12.8. The number of aryl methyl sites for hydroxylation is 1. The van der Waals surface area contributed by atoms with E-state index in [0.717, 1.165) is 15.8 Å². The summed E-state index contributed by atoms with van der Waals surface area (Å²) in [4.78, 5) is 30.0. The van der Waals surface area contributed by atoms with E-state index in [9.17, 15) is 9.59 Å². The standard InChI is InChI=1S/C22H20N2O4S/c1-3-27-12-11-24-20-14(2)7-6-10-19(20)29-22(24)23-21(26)18-13-16(25)15-8-4-5-9-17(15)28-18/h4-10,13H,3,11-12H2,1-2H3. The molecule has 0 unspecified atom stereocenters. The van der Waals surface area contributed by atoms with Crippen LogP contribution in [0.15, 0.2) is 62.7 Å². The van der Waals surface area contributed by atoms with E-state index in [0.29, 0.717) is 35.5 Å². The first-order valence-electron chi connectivity index (χ1n) is 9.37. The molecule has 0 bridgehead atoms. The van der Waals surface area contributed by atoms with Crippen LogP contribution in [0.2, 0.25) is 0 Å². The van der Waals surface area contributed by atoms with Gasteiger partial charge in [-0.15, -0.1) is 0 Å². The molecule has 0 fully saturated rings. The molecule has 29 heavy (non-hydrogen) atoms.